The lowest BCUT2D eigenvalue weighted by atomic mass is 10.0. The maximum Gasteiger partial charge on any atom is 0.235 e. The summed E-state index contributed by atoms with van der Waals surface area (Å²) in [5.74, 6) is 0.00164. The minimum Gasteiger partial charge on any atom is -0.384 e. The molecule has 5 nitrogen and oxygen atoms in total. The molecule has 2 aromatic carbocycles. The van der Waals surface area contributed by atoms with Crippen molar-refractivity contribution in [2.75, 3.05) is 10.1 Å². The molecule has 1 N–H and O–H groups in total. The molecular formula is C21H22N2O3S. The Labute approximate surface area is 160 Å². The van der Waals surface area contributed by atoms with Gasteiger partial charge in [-0.05, 0) is 41.8 Å². The van der Waals surface area contributed by atoms with Gasteiger partial charge in [0.1, 0.15) is 6.10 Å². The number of aliphatic hydroxyl groups is 1. The first-order valence-electron chi connectivity index (χ1n) is 8.73. The fourth-order valence-corrected chi connectivity index (χ4v) is 3.91. The second-order valence-corrected chi connectivity index (χ2v) is 8.36. The molecule has 1 aromatic heterocycles. The molecule has 27 heavy (non-hydrogen) atoms. The zero-order valence-electron chi connectivity index (χ0n) is 15.1. The molecule has 3 aromatic rings. The van der Waals surface area contributed by atoms with E-state index in [-0.39, 0.29) is 12.3 Å². The van der Waals surface area contributed by atoms with Crippen molar-refractivity contribution >= 4 is 15.7 Å². The lowest BCUT2D eigenvalue weighted by Gasteiger charge is -2.24. The van der Waals surface area contributed by atoms with E-state index in [1.54, 1.807) is 49.6 Å². The van der Waals surface area contributed by atoms with Gasteiger partial charge < -0.3 is 5.11 Å². The molecule has 0 saturated carbocycles. The highest BCUT2D eigenvalue weighted by Crippen LogP contribution is 2.26. The van der Waals surface area contributed by atoms with E-state index in [0.717, 1.165) is 11.1 Å². The van der Waals surface area contributed by atoms with Crippen LogP contribution in [0.5, 0.6) is 0 Å². The van der Waals surface area contributed by atoms with Crippen molar-refractivity contribution in [1.82, 2.24) is 4.98 Å². The molecule has 0 aliphatic heterocycles. The Hall–Kier alpha value is -2.70. The van der Waals surface area contributed by atoms with Crippen LogP contribution in [-0.2, 0) is 16.6 Å². The summed E-state index contributed by atoms with van der Waals surface area (Å²) in [5.41, 5.74) is 2.87. The standard InChI is InChI=1S/C21H22N2O3S/c1-2-27(25,26)23(16-17-7-6-14-22-15-17)20-12-10-19(11-13-20)21(24)18-8-4-3-5-9-18/h3-15,21,24H,2,16H2,1H3. The third-order valence-electron chi connectivity index (χ3n) is 4.36. The minimum atomic E-state index is -3.45. The predicted molar refractivity (Wildman–Crippen MR) is 107 cm³/mol. The molecule has 6 heteroatoms. The summed E-state index contributed by atoms with van der Waals surface area (Å²) >= 11 is 0. The van der Waals surface area contributed by atoms with Gasteiger partial charge in [-0.25, -0.2) is 8.42 Å². The molecule has 0 saturated heterocycles. The number of anilines is 1. The molecule has 1 heterocycles. The van der Waals surface area contributed by atoms with E-state index in [1.807, 2.05) is 36.4 Å². The van der Waals surface area contributed by atoms with Gasteiger partial charge in [0.2, 0.25) is 10.0 Å². The molecule has 140 valence electrons. The molecule has 0 spiro atoms. The van der Waals surface area contributed by atoms with Gasteiger partial charge in [-0.3, -0.25) is 9.29 Å². The van der Waals surface area contributed by atoms with E-state index < -0.39 is 16.1 Å². The molecule has 0 aliphatic rings. The van der Waals surface area contributed by atoms with Gasteiger partial charge in [-0.1, -0.05) is 48.5 Å². The van der Waals surface area contributed by atoms with Gasteiger partial charge in [-0.2, -0.15) is 0 Å². The van der Waals surface area contributed by atoms with Crippen LogP contribution in [0.4, 0.5) is 5.69 Å². The third kappa shape index (κ3) is 4.53. The quantitative estimate of drug-likeness (QED) is 0.679. The number of sulfonamides is 1. The molecule has 0 bridgehead atoms. The largest absolute Gasteiger partial charge is 0.384 e. The number of aromatic nitrogens is 1. The summed E-state index contributed by atoms with van der Waals surface area (Å²) in [6, 6.07) is 19.9. The molecule has 0 radical (unpaired) electrons. The highest BCUT2D eigenvalue weighted by atomic mass is 32.2. The molecule has 1 unspecified atom stereocenters. The Morgan fingerprint density at radius 3 is 2.22 bits per heavy atom. The molecule has 1 atom stereocenters. The van der Waals surface area contributed by atoms with Gasteiger partial charge in [0, 0.05) is 12.4 Å². The summed E-state index contributed by atoms with van der Waals surface area (Å²) in [7, 11) is -3.45. The Bertz CT molecular complexity index is 959. The van der Waals surface area contributed by atoms with Crippen LogP contribution in [0.2, 0.25) is 0 Å². The van der Waals surface area contributed by atoms with Gasteiger partial charge >= 0.3 is 0 Å². The lowest BCUT2D eigenvalue weighted by molar-refractivity contribution is 0.220. The van der Waals surface area contributed by atoms with E-state index in [0.29, 0.717) is 11.3 Å². The second-order valence-electron chi connectivity index (χ2n) is 6.17. The Kier molecular flexibility index (Phi) is 5.88. The molecule has 0 aliphatic carbocycles. The lowest BCUT2D eigenvalue weighted by Crippen LogP contribution is -2.31. The number of benzene rings is 2. The SMILES string of the molecule is CCS(=O)(=O)N(Cc1cccnc1)c1ccc(C(O)c2ccccc2)cc1. The fourth-order valence-electron chi connectivity index (χ4n) is 2.81. The number of rotatable bonds is 7. The third-order valence-corrected chi connectivity index (χ3v) is 6.10. The van der Waals surface area contributed by atoms with Crippen LogP contribution in [-0.4, -0.2) is 24.3 Å². The van der Waals surface area contributed by atoms with Crippen LogP contribution in [0.3, 0.4) is 0 Å². The van der Waals surface area contributed by atoms with Crippen LogP contribution in [0, 0.1) is 0 Å². The van der Waals surface area contributed by atoms with Crippen molar-refractivity contribution in [3.63, 3.8) is 0 Å². The van der Waals surface area contributed by atoms with Gasteiger partial charge in [0.05, 0.1) is 18.0 Å². The van der Waals surface area contributed by atoms with E-state index >= 15 is 0 Å². The first-order valence-corrected chi connectivity index (χ1v) is 10.3. The van der Waals surface area contributed by atoms with E-state index in [2.05, 4.69) is 4.98 Å². The van der Waals surface area contributed by atoms with Crippen LogP contribution in [0.1, 0.15) is 29.7 Å². The first-order chi connectivity index (χ1) is 13.0. The van der Waals surface area contributed by atoms with Gasteiger partial charge in [-0.15, -0.1) is 0 Å². The Morgan fingerprint density at radius 2 is 1.63 bits per heavy atom. The van der Waals surface area contributed by atoms with E-state index in [4.69, 9.17) is 0 Å². The van der Waals surface area contributed by atoms with Crippen LogP contribution in [0.25, 0.3) is 0 Å². The summed E-state index contributed by atoms with van der Waals surface area (Å²) in [6.07, 6.45) is 2.56. The average molecular weight is 382 g/mol. The zero-order valence-corrected chi connectivity index (χ0v) is 15.9. The van der Waals surface area contributed by atoms with Crippen molar-refractivity contribution in [3.05, 3.63) is 95.8 Å². The fraction of sp³-hybridized carbons (Fsp3) is 0.190. The Balaban J connectivity index is 1.89. The normalized spacial score (nSPS) is 12.5. The highest BCUT2D eigenvalue weighted by Gasteiger charge is 2.21. The highest BCUT2D eigenvalue weighted by molar-refractivity contribution is 7.92. The van der Waals surface area contributed by atoms with Gasteiger partial charge in [0.25, 0.3) is 0 Å². The molecule has 0 fully saturated rings. The molecule has 0 amide bonds. The molecular weight excluding hydrogens is 360 g/mol. The van der Waals surface area contributed by atoms with Crippen molar-refractivity contribution in [2.45, 2.75) is 19.6 Å². The number of hydrogen-bond donors (Lipinski definition) is 1. The first kappa shape index (κ1) is 19.1. The summed E-state index contributed by atoms with van der Waals surface area (Å²) in [6.45, 7) is 1.84. The van der Waals surface area contributed by atoms with Crippen molar-refractivity contribution in [3.8, 4) is 0 Å². The number of pyridine rings is 1. The van der Waals surface area contributed by atoms with Crippen molar-refractivity contribution in [2.24, 2.45) is 0 Å². The van der Waals surface area contributed by atoms with Crippen molar-refractivity contribution < 1.29 is 13.5 Å². The zero-order chi connectivity index (χ0) is 19.3. The van der Waals surface area contributed by atoms with E-state index in [9.17, 15) is 13.5 Å². The number of aliphatic hydroxyl groups excluding tert-OH is 1. The number of nitrogens with zero attached hydrogens (tertiary/aromatic N) is 2. The van der Waals surface area contributed by atoms with Gasteiger partial charge in [0.15, 0.2) is 0 Å². The van der Waals surface area contributed by atoms with E-state index in [1.165, 1.54) is 4.31 Å². The Morgan fingerprint density at radius 1 is 0.963 bits per heavy atom. The predicted octanol–water partition coefficient (Wildman–Crippen LogP) is 3.52. The van der Waals surface area contributed by atoms with Crippen LogP contribution < -0.4 is 4.31 Å². The topological polar surface area (TPSA) is 70.5 Å². The van der Waals surface area contributed by atoms with Crippen LogP contribution in [0.15, 0.2) is 79.1 Å². The summed E-state index contributed by atoms with van der Waals surface area (Å²) < 4.78 is 26.6. The summed E-state index contributed by atoms with van der Waals surface area (Å²) in [4.78, 5) is 4.06. The second kappa shape index (κ2) is 8.33. The van der Waals surface area contributed by atoms with Crippen LogP contribution >= 0.6 is 0 Å². The van der Waals surface area contributed by atoms with Crippen molar-refractivity contribution in [1.29, 1.82) is 0 Å². The number of hydrogen-bond acceptors (Lipinski definition) is 4. The monoisotopic (exact) mass is 382 g/mol. The smallest absolute Gasteiger partial charge is 0.235 e. The summed E-state index contributed by atoms with van der Waals surface area (Å²) in [5, 5.41) is 10.5. The maximum absolute atomic E-state index is 12.6. The molecule has 3 rings (SSSR count). The minimum absolute atomic E-state index is 0.00164. The maximum atomic E-state index is 12.6. The average Bonchev–Trinajstić information content (AvgIpc) is 2.73.